The van der Waals surface area contributed by atoms with Crippen molar-refractivity contribution < 1.29 is 28.9 Å². The van der Waals surface area contributed by atoms with Gasteiger partial charge in [0.15, 0.2) is 0 Å². The van der Waals surface area contributed by atoms with Gasteiger partial charge in [0.2, 0.25) is 5.75 Å². The summed E-state index contributed by atoms with van der Waals surface area (Å²) in [4.78, 5) is 40.8. The van der Waals surface area contributed by atoms with Gasteiger partial charge in [-0.25, -0.2) is 9.59 Å². The maximum Gasteiger partial charge on any atom is 0.444 e. The number of hydrazine groups is 1. The summed E-state index contributed by atoms with van der Waals surface area (Å²) in [5.74, 6) is -2.67. The minimum absolute atomic E-state index is 0.00227. The third-order valence-corrected chi connectivity index (χ3v) is 2.16. The number of nitrogens with zero attached hydrogens (tertiary/aromatic N) is 2. The quantitative estimate of drug-likeness (QED) is 0.453. The number of hydrogen-bond acceptors (Lipinski definition) is 9. The van der Waals surface area contributed by atoms with E-state index in [0.29, 0.717) is 5.17 Å². The predicted molar refractivity (Wildman–Crippen MR) is 57.4 cm³/mol. The number of anilines is 1. The van der Waals surface area contributed by atoms with Crippen LogP contribution in [0, 0.1) is 10.1 Å². The lowest BCUT2D eigenvalue weighted by Crippen LogP contribution is -2.49. The van der Waals surface area contributed by atoms with Gasteiger partial charge in [0, 0.05) is 6.07 Å². The molecule has 0 radical (unpaired) electrons. The van der Waals surface area contributed by atoms with Gasteiger partial charge in [0.1, 0.15) is 5.69 Å². The monoisotopic (exact) mass is 269 g/mol. The van der Waals surface area contributed by atoms with Crippen molar-refractivity contribution in [2.24, 2.45) is 0 Å². The van der Waals surface area contributed by atoms with Gasteiger partial charge in [-0.05, 0) is 11.7 Å². The van der Waals surface area contributed by atoms with Gasteiger partial charge in [0.05, 0.1) is 12.0 Å². The SMILES string of the molecule is COc1c(N2NOC(=O)C(=O)O2)cccc1[N+](=O)[O-]. The van der Waals surface area contributed by atoms with E-state index in [1.54, 1.807) is 0 Å². The van der Waals surface area contributed by atoms with Crippen molar-refractivity contribution in [2.75, 3.05) is 12.3 Å². The van der Waals surface area contributed by atoms with E-state index in [2.05, 4.69) is 9.68 Å². The summed E-state index contributed by atoms with van der Waals surface area (Å²) in [7, 11) is 1.21. The van der Waals surface area contributed by atoms with E-state index in [-0.39, 0.29) is 17.1 Å². The summed E-state index contributed by atoms with van der Waals surface area (Å²) in [6.45, 7) is 0. The third kappa shape index (κ3) is 2.24. The predicted octanol–water partition coefficient (Wildman–Crippen LogP) is -0.156. The van der Waals surface area contributed by atoms with Gasteiger partial charge >= 0.3 is 17.6 Å². The second-order valence-corrected chi connectivity index (χ2v) is 3.24. The Kier molecular flexibility index (Phi) is 3.16. The molecule has 1 aliphatic rings. The van der Waals surface area contributed by atoms with E-state index in [0.717, 1.165) is 0 Å². The van der Waals surface area contributed by atoms with Crippen molar-refractivity contribution in [1.82, 2.24) is 5.59 Å². The van der Waals surface area contributed by atoms with E-state index in [9.17, 15) is 19.7 Å². The van der Waals surface area contributed by atoms with Crippen molar-refractivity contribution >= 4 is 23.3 Å². The van der Waals surface area contributed by atoms with Crippen molar-refractivity contribution in [3.05, 3.63) is 28.3 Å². The first kappa shape index (κ1) is 12.6. The van der Waals surface area contributed by atoms with E-state index in [1.807, 2.05) is 5.59 Å². The van der Waals surface area contributed by atoms with Crippen molar-refractivity contribution in [1.29, 1.82) is 0 Å². The number of nitrogens with one attached hydrogen (secondary N) is 1. The van der Waals surface area contributed by atoms with E-state index in [4.69, 9.17) is 4.74 Å². The highest BCUT2D eigenvalue weighted by molar-refractivity contribution is 6.30. The smallest absolute Gasteiger partial charge is 0.444 e. The van der Waals surface area contributed by atoms with Crippen LogP contribution in [0.15, 0.2) is 18.2 Å². The zero-order valence-corrected chi connectivity index (χ0v) is 9.48. The fourth-order valence-corrected chi connectivity index (χ4v) is 1.39. The summed E-state index contributed by atoms with van der Waals surface area (Å²) < 4.78 is 4.90. The molecule has 0 atom stereocenters. The van der Waals surface area contributed by atoms with Crippen LogP contribution in [-0.2, 0) is 19.3 Å². The molecule has 0 bridgehead atoms. The molecule has 19 heavy (non-hydrogen) atoms. The molecule has 10 heteroatoms. The minimum atomic E-state index is -1.27. The molecule has 1 heterocycles. The average molecular weight is 269 g/mol. The lowest BCUT2D eigenvalue weighted by atomic mass is 10.2. The van der Waals surface area contributed by atoms with Crippen LogP contribution in [0.2, 0.25) is 0 Å². The first-order valence-electron chi connectivity index (χ1n) is 4.85. The van der Waals surface area contributed by atoms with Crippen LogP contribution >= 0.6 is 0 Å². The highest BCUT2D eigenvalue weighted by Crippen LogP contribution is 2.36. The molecule has 0 saturated carbocycles. The van der Waals surface area contributed by atoms with Gasteiger partial charge in [-0.1, -0.05) is 11.2 Å². The van der Waals surface area contributed by atoms with Crippen LogP contribution in [0.1, 0.15) is 0 Å². The van der Waals surface area contributed by atoms with Crippen LogP contribution < -0.4 is 15.5 Å². The van der Waals surface area contributed by atoms with Crippen molar-refractivity contribution in [3.8, 4) is 5.75 Å². The fraction of sp³-hybridized carbons (Fsp3) is 0.111. The average Bonchev–Trinajstić information content (AvgIpc) is 2.40. The standard InChI is InChI=1S/C9H7N3O7/c1-17-7-5(3-2-4-6(7)12(15)16)11-10-18-8(13)9(14)19-11/h2-4,10H,1H3. The summed E-state index contributed by atoms with van der Waals surface area (Å²) in [6, 6.07) is 3.92. The molecule has 0 aliphatic carbocycles. The summed E-state index contributed by atoms with van der Waals surface area (Å²) in [5.41, 5.74) is 1.65. The number of nitro benzene ring substituents is 1. The lowest BCUT2D eigenvalue weighted by Gasteiger charge is -2.26. The van der Waals surface area contributed by atoms with Crippen molar-refractivity contribution in [2.45, 2.75) is 0 Å². The Balaban J connectivity index is 2.40. The molecular weight excluding hydrogens is 262 g/mol. The van der Waals surface area contributed by atoms with Crippen LogP contribution in [-0.4, -0.2) is 24.0 Å². The molecule has 10 nitrogen and oxygen atoms in total. The second-order valence-electron chi connectivity index (χ2n) is 3.24. The molecule has 1 fully saturated rings. The molecule has 2 rings (SSSR count). The Morgan fingerprint density at radius 3 is 2.68 bits per heavy atom. The molecular formula is C9H7N3O7. The van der Waals surface area contributed by atoms with Gasteiger partial charge in [-0.15, -0.1) is 0 Å². The van der Waals surface area contributed by atoms with Crippen LogP contribution in [0.3, 0.4) is 0 Å². The van der Waals surface area contributed by atoms with E-state index in [1.165, 1.54) is 25.3 Å². The molecule has 1 aromatic carbocycles. The second kappa shape index (κ2) is 4.78. The largest absolute Gasteiger partial charge is 0.489 e. The first-order valence-corrected chi connectivity index (χ1v) is 4.85. The summed E-state index contributed by atoms with van der Waals surface area (Å²) in [5, 5.41) is 11.5. The Bertz CT molecular complexity index is 559. The molecule has 1 aliphatic heterocycles. The van der Waals surface area contributed by atoms with E-state index < -0.39 is 16.9 Å². The maximum absolute atomic E-state index is 11.0. The number of rotatable bonds is 3. The molecule has 100 valence electrons. The Labute approximate surface area is 105 Å². The Morgan fingerprint density at radius 2 is 2.11 bits per heavy atom. The van der Waals surface area contributed by atoms with Crippen LogP contribution in [0.4, 0.5) is 11.4 Å². The molecule has 0 spiro atoms. The van der Waals surface area contributed by atoms with Gasteiger partial charge in [0.25, 0.3) is 0 Å². The Morgan fingerprint density at radius 1 is 1.37 bits per heavy atom. The molecule has 0 unspecified atom stereocenters. The fourth-order valence-electron chi connectivity index (χ4n) is 1.39. The molecule has 1 aromatic rings. The number of nitro groups is 1. The molecule has 1 N–H and O–H groups in total. The maximum atomic E-state index is 11.0. The zero-order chi connectivity index (χ0) is 14.0. The Hall–Kier alpha value is -2.88. The number of carbonyl (C=O) groups is 2. The lowest BCUT2D eigenvalue weighted by molar-refractivity contribution is -0.385. The van der Waals surface area contributed by atoms with Gasteiger partial charge in [-0.2, -0.15) is 0 Å². The number of hydrogen-bond donors (Lipinski definition) is 1. The summed E-state index contributed by atoms with van der Waals surface area (Å²) in [6.07, 6.45) is 0. The van der Waals surface area contributed by atoms with Crippen LogP contribution in [0.25, 0.3) is 0 Å². The third-order valence-electron chi connectivity index (χ3n) is 2.16. The van der Waals surface area contributed by atoms with Crippen molar-refractivity contribution in [3.63, 3.8) is 0 Å². The number of para-hydroxylation sites is 1. The van der Waals surface area contributed by atoms with Gasteiger partial charge in [-0.3, -0.25) is 10.1 Å². The molecule has 1 saturated heterocycles. The molecule has 0 aromatic heterocycles. The molecule has 0 amide bonds. The number of methoxy groups -OCH3 is 1. The number of benzene rings is 1. The van der Waals surface area contributed by atoms with Crippen LogP contribution in [0.5, 0.6) is 5.75 Å². The van der Waals surface area contributed by atoms with Gasteiger partial charge < -0.3 is 14.4 Å². The minimum Gasteiger partial charge on any atom is -0.489 e. The normalized spacial score (nSPS) is 14.7. The number of carbonyl (C=O) groups excluding carboxylic acids is 2. The van der Waals surface area contributed by atoms with E-state index >= 15 is 0 Å². The number of ether oxygens (including phenoxy) is 1. The zero-order valence-electron chi connectivity index (χ0n) is 9.48. The first-order chi connectivity index (χ1) is 9.04. The highest BCUT2D eigenvalue weighted by Gasteiger charge is 2.32. The topological polar surface area (TPSA) is 120 Å². The highest BCUT2D eigenvalue weighted by atomic mass is 16.9. The summed E-state index contributed by atoms with van der Waals surface area (Å²) >= 11 is 0.